The van der Waals surface area contributed by atoms with E-state index in [1.165, 1.54) is 7.05 Å². The fraction of sp³-hybridized carbons (Fsp3) is 0.818. The second-order valence-corrected chi connectivity index (χ2v) is 4.41. The minimum atomic E-state index is -1.01. The Morgan fingerprint density at radius 1 is 1.29 bits per heavy atom. The van der Waals surface area contributed by atoms with E-state index in [4.69, 9.17) is 5.11 Å². The van der Waals surface area contributed by atoms with Gasteiger partial charge in [-0.2, -0.15) is 0 Å². The van der Waals surface area contributed by atoms with Gasteiger partial charge in [-0.1, -0.05) is 0 Å². The Morgan fingerprint density at radius 3 is 2.35 bits per heavy atom. The number of hydrogen-bond donors (Lipinski definition) is 2. The predicted octanol–water partition coefficient (Wildman–Crippen LogP) is 0.443. The van der Waals surface area contributed by atoms with Gasteiger partial charge >= 0.3 is 12.0 Å². The quantitative estimate of drug-likeness (QED) is 0.638. The Labute approximate surface area is 103 Å². The van der Waals surface area contributed by atoms with E-state index in [0.717, 1.165) is 17.9 Å². The Kier molecular flexibility index (Phi) is 7.29. The average molecular weight is 245 g/mol. The molecule has 17 heavy (non-hydrogen) atoms. The van der Waals surface area contributed by atoms with Crippen molar-refractivity contribution in [3.8, 4) is 0 Å². The molecular formula is C11H23N3O3. The maximum atomic E-state index is 11.4. The number of carboxylic acids is 1. The highest BCUT2D eigenvalue weighted by Crippen LogP contribution is 1.94. The van der Waals surface area contributed by atoms with Crippen LogP contribution >= 0.6 is 0 Å². The van der Waals surface area contributed by atoms with Gasteiger partial charge in [-0.05, 0) is 33.9 Å². The Morgan fingerprint density at radius 2 is 1.88 bits per heavy atom. The highest BCUT2D eigenvalue weighted by molar-refractivity contribution is 5.79. The number of nitrogens with one attached hydrogen (secondary N) is 1. The van der Waals surface area contributed by atoms with E-state index in [2.05, 4.69) is 24.1 Å². The molecule has 0 heterocycles. The number of rotatable bonds is 7. The van der Waals surface area contributed by atoms with E-state index in [0.29, 0.717) is 12.6 Å². The molecule has 0 rings (SSSR count). The second kappa shape index (κ2) is 7.89. The van der Waals surface area contributed by atoms with Crippen molar-refractivity contribution in [3.63, 3.8) is 0 Å². The van der Waals surface area contributed by atoms with Gasteiger partial charge in [-0.3, -0.25) is 4.79 Å². The minimum Gasteiger partial charge on any atom is -0.480 e. The fourth-order valence-corrected chi connectivity index (χ4v) is 1.19. The summed E-state index contributed by atoms with van der Waals surface area (Å²) in [6, 6.07) is 0.139. The molecule has 0 aliphatic heterocycles. The molecule has 0 aromatic rings. The van der Waals surface area contributed by atoms with Crippen LogP contribution in [0.2, 0.25) is 0 Å². The summed E-state index contributed by atoms with van der Waals surface area (Å²) in [7, 11) is 3.49. The van der Waals surface area contributed by atoms with Crippen LogP contribution in [-0.2, 0) is 4.79 Å². The molecule has 0 aliphatic carbocycles. The van der Waals surface area contributed by atoms with E-state index in [1.54, 1.807) is 0 Å². The first-order valence-corrected chi connectivity index (χ1v) is 5.75. The first kappa shape index (κ1) is 15.7. The van der Waals surface area contributed by atoms with Crippen molar-refractivity contribution >= 4 is 12.0 Å². The summed E-state index contributed by atoms with van der Waals surface area (Å²) < 4.78 is 0. The number of likely N-dealkylation sites (N-methyl/N-ethyl adjacent to an activating group) is 1. The van der Waals surface area contributed by atoms with Crippen molar-refractivity contribution in [2.24, 2.45) is 0 Å². The SMILES string of the molecule is CC(C)N(C)CCCNC(=O)N(C)CC(=O)O. The maximum absolute atomic E-state index is 11.4. The van der Waals surface area contributed by atoms with Crippen molar-refractivity contribution in [2.75, 3.05) is 33.7 Å². The molecule has 0 bridgehead atoms. The molecule has 2 amide bonds. The zero-order valence-corrected chi connectivity index (χ0v) is 11.1. The van der Waals surface area contributed by atoms with Crippen molar-refractivity contribution in [3.05, 3.63) is 0 Å². The molecular weight excluding hydrogens is 222 g/mol. The Bertz CT molecular complexity index is 256. The van der Waals surface area contributed by atoms with E-state index in [9.17, 15) is 9.59 Å². The number of aliphatic carboxylic acids is 1. The predicted molar refractivity (Wildman–Crippen MR) is 66.0 cm³/mol. The molecule has 0 spiro atoms. The number of carboxylic acid groups (broad SMARTS) is 1. The minimum absolute atomic E-state index is 0.280. The van der Waals surface area contributed by atoms with Crippen LogP contribution in [0.15, 0.2) is 0 Å². The molecule has 0 aliphatic rings. The third-order valence-corrected chi connectivity index (χ3v) is 2.56. The summed E-state index contributed by atoms with van der Waals surface area (Å²) in [4.78, 5) is 25.1. The van der Waals surface area contributed by atoms with Gasteiger partial charge in [0, 0.05) is 19.6 Å². The van der Waals surface area contributed by atoms with Crippen molar-refractivity contribution in [2.45, 2.75) is 26.3 Å². The van der Waals surface area contributed by atoms with Crippen LogP contribution in [0.3, 0.4) is 0 Å². The largest absolute Gasteiger partial charge is 0.480 e. The lowest BCUT2D eigenvalue weighted by Gasteiger charge is -2.21. The van der Waals surface area contributed by atoms with Gasteiger partial charge in [0.15, 0.2) is 0 Å². The number of urea groups is 1. The highest BCUT2D eigenvalue weighted by atomic mass is 16.4. The van der Waals surface area contributed by atoms with Crippen LogP contribution in [0.25, 0.3) is 0 Å². The van der Waals surface area contributed by atoms with Gasteiger partial charge in [0.25, 0.3) is 0 Å². The van der Waals surface area contributed by atoms with E-state index < -0.39 is 5.97 Å². The third kappa shape index (κ3) is 7.57. The topological polar surface area (TPSA) is 72.9 Å². The number of hydrogen-bond acceptors (Lipinski definition) is 3. The molecule has 0 radical (unpaired) electrons. The summed E-state index contributed by atoms with van der Waals surface area (Å²) in [5.74, 6) is -1.01. The fourth-order valence-electron chi connectivity index (χ4n) is 1.19. The summed E-state index contributed by atoms with van der Waals surface area (Å²) in [5.41, 5.74) is 0. The molecule has 6 heteroatoms. The van der Waals surface area contributed by atoms with Crippen LogP contribution in [0.4, 0.5) is 4.79 Å². The van der Waals surface area contributed by atoms with E-state index in [1.807, 2.05) is 7.05 Å². The molecule has 0 saturated carbocycles. The molecule has 0 aromatic heterocycles. The van der Waals surface area contributed by atoms with Crippen molar-refractivity contribution < 1.29 is 14.7 Å². The Balaban J connectivity index is 3.68. The standard InChI is InChI=1S/C11H23N3O3/c1-9(2)13(3)7-5-6-12-11(17)14(4)8-10(15)16/h9H,5-8H2,1-4H3,(H,12,17)(H,15,16). The zero-order chi connectivity index (χ0) is 13.4. The molecule has 100 valence electrons. The zero-order valence-electron chi connectivity index (χ0n) is 11.1. The highest BCUT2D eigenvalue weighted by Gasteiger charge is 2.11. The van der Waals surface area contributed by atoms with Gasteiger partial charge in [0.05, 0.1) is 0 Å². The van der Waals surface area contributed by atoms with Gasteiger partial charge in [-0.25, -0.2) is 4.79 Å². The monoisotopic (exact) mass is 245 g/mol. The smallest absolute Gasteiger partial charge is 0.323 e. The number of carbonyl (C=O) groups is 2. The molecule has 0 aromatic carbocycles. The summed E-state index contributed by atoms with van der Waals surface area (Å²) >= 11 is 0. The van der Waals surface area contributed by atoms with E-state index >= 15 is 0 Å². The second-order valence-electron chi connectivity index (χ2n) is 4.41. The molecule has 0 fully saturated rings. The van der Waals surface area contributed by atoms with Crippen LogP contribution in [0, 0.1) is 0 Å². The molecule has 6 nitrogen and oxygen atoms in total. The van der Waals surface area contributed by atoms with E-state index in [-0.39, 0.29) is 12.6 Å². The summed E-state index contributed by atoms with van der Waals surface area (Å²) in [6.07, 6.45) is 0.849. The first-order chi connectivity index (χ1) is 7.84. The first-order valence-electron chi connectivity index (χ1n) is 5.75. The van der Waals surface area contributed by atoms with Gasteiger partial charge in [-0.15, -0.1) is 0 Å². The molecule has 2 N–H and O–H groups in total. The number of amides is 2. The Hall–Kier alpha value is -1.30. The lowest BCUT2D eigenvalue weighted by atomic mass is 10.3. The van der Waals surface area contributed by atoms with Gasteiger partial charge in [0.2, 0.25) is 0 Å². The van der Waals surface area contributed by atoms with Gasteiger partial charge < -0.3 is 20.2 Å². The molecule has 0 atom stereocenters. The lowest BCUT2D eigenvalue weighted by Crippen LogP contribution is -2.41. The number of carbonyl (C=O) groups excluding carboxylic acids is 1. The summed E-state index contributed by atoms with van der Waals surface area (Å²) in [6.45, 7) is 5.40. The maximum Gasteiger partial charge on any atom is 0.323 e. The van der Waals surface area contributed by atoms with Crippen molar-refractivity contribution in [1.29, 1.82) is 0 Å². The van der Waals surface area contributed by atoms with Crippen LogP contribution < -0.4 is 5.32 Å². The molecule has 0 unspecified atom stereocenters. The van der Waals surface area contributed by atoms with Crippen molar-refractivity contribution in [1.82, 2.24) is 15.1 Å². The lowest BCUT2D eigenvalue weighted by molar-refractivity contribution is -0.137. The number of nitrogens with zero attached hydrogens (tertiary/aromatic N) is 2. The van der Waals surface area contributed by atoms with Gasteiger partial charge in [0.1, 0.15) is 6.54 Å². The summed E-state index contributed by atoms with van der Waals surface area (Å²) in [5, 5.41) is 11.2. The van der Waals surface area contributed by atoms with Crippen LogP contribution in [-0.4, -0.2) is 66.7 Å². The normalized spacial score (nSPS) is 10.7. The average Bonchev–Trinajstić information content (AvgIpc) is 2.22. The van der Waals surface area contributed by atoms with Crippen LogP contribution in [0.1, 0.15) is 20.3 Å². The van der Waals surface area contributed by atoms with Crippen LogP contribution in [0.5, 0.6) is 0 Å². The third-order valence-electron chi connectivity index (χ3n) is 2.56. The molecule has 0 saturated heterocycles.